The minimum absolute atomic E-state index is 0.0138. The average molecular weight is 377 g/mol. The molecule has 26 heavy (non-hydrogen) atoms. The van der Waals surface area contributed by atoms with Crippen molar-refractivity contribution in [2.45, 2.75) is 13.8 Å². The molecule has 2 amide bonds. The van der Waals surface area contributed by atoms with E-state index in [1.54, 1.807) is 0 Å². The van der Waals surface area contributed by atoms with E-state index in [1.807, 2.05) is 32.0 Å². The van der Waals surface area contributed by atoms with Crippen LogP contribution in [0.1, 0.15) is 21.5 Å². The van der Waals surface area contributed by atoms with Crippen LogP contribution in [0.2, 0.25) is 5.02 Å². The molecular formula is C17H17ClN4O4. The number of nitrogens with zero attached hydrogens (tertiary/aromatic N) is 1. The average Bonchev–Trinajstić information content (AvgIpc) is 2.58. The predicted octanol–water partition coefficient (Wildman–Crippen LogP) is 2.74. The summed E-state index contributed by atoms with van der Waals surface area (Å²) in [5, 5.41) is 13.5. The number of aryl methyl sites for hydroxylation is 2. The van der Waals surface area contributed by atoms with Gasteiger partial charge >= 0.3 is 0 Å². The number of anilines is 1. The first-order valence-corrected chi connectivity index (χ1v) is 8.00. The van der Waals surface area contributed by atoms with Gasteiger partial charge in [-0.3, -0.25) is 30.6 Å². The number of nitrogens with one attached hydrogen (secondary N) is 3. The molecule has 0 fully saturated rings. The Morgan fingerprint density at radius 2 is 1.85 bits per heavy atom. The summed E-state index contributed by atoms with van der Waals surface area (Å²) in [6.45, 7) is 3.85. The fourth-order valence-corrected chi connectivity index (χ4v) is 2.49. The Hall–Kier alpha value is -3.13. The number of halogens is 1. The highest BCUT2D eigenvalue weighted by atomic mass is 35.5. The first-order chi connectivity index (χ1) is 12.3. The summed E-state index contributed by atoms with van der Waals surface area (Å²) in [6, 6.07) is 9.22. The van der Waals surface area contributed by atoms with Crippen molar-refractivity contribution in [1.82, 2.24) is 10.9 Å². The Balaban J connectivity index is 1.88. The molecule has 0 atom stereocenters. The summed E-state index contributed by atoms with van der Waals surface area (Å²) < 4.78 is 0. The first kappa shape index (κ1) is 19.2. The topological polar surface area (TPSA) is 113 Å². The molecule has 136 valence electrons. The Labute approximate surface area is 154 Å². The molecule has 2 aromatic carbocycles. The van der Waals surface area contributed by atoms with Crippen LogP contribution in [0.3, 0.4) is 0 Å². The lowest BCUT2D eigenvalue weighted by molar-refractivity contribution is -0.384. The zero-order valence-electron chi connectivity index (χ0n) is 14.1. The summed E-state index contributed by atoms with van der Waals surface area (Å²) in [7, 11) is 0. The number of amides is 2. The molecule has 0 spiro atoms. The Morgan fingerprint density at radius 1 is 1.12 bits per heavy atom. The van der Waals surface area contributed by atoms with Crippen molar-refractivity contribution >= 4 is 34.8 Å². The molecule has 3 N–H and O–H groups in total. The molecule has 0 heterocycles. The van der Waals surface area contributed by atoms with Crippen molar-refractivity contribution in [1.29, 1.82) is 0 Å². The zero-order valence-corrected chi connectivity index (χ0v) is 14.9. The minimum Gasteiger partial charge on any atom is -0.376 e. The van der Waals surface area contributed by atoms with Gasteiger partial charge in [0.15, 0.2) is 0 Å². The molecule has 0 saturated carbocycles. The van der Waals surface area contributed by atoms with Crippen LogP contribution < -0.4 is 16.2 Å². The van der Waals surface area contributed by atoms with Gasteiger partial charge in [-0.05, 0) is 31.5 Å². The molecule has 0 aromatic heterocycles. The standard InChI is InChI=1S/C17H17ClN4O4/c1-10-3-6-15(11(2)7-10)19-9-16(23)20-21-17(24)13-5-4-12(22(25)26)8-14(13)18/h3-8,19H,9H2,1-2H3,(H,20,23)(H,21,24). The van der Waals surface area contributed by atoms with Crippen molar-refractivity contribution in [2.24, 2.45) is 0 Å². The van der Waals surface area contributed by atoms with E-state index in [1.165, 1.54) is 6.07 Å². The largest absolute Gasteiger partial charge is 0.376 e. The van der Waals surface area contributed by atoms with E-state index in [-0.39, 0.29) is 22.8 Å². The van der Waals surface area contributed by atoms with Crippen molar-refractivity contribution in [3.63, 3.8) is 0 Å². The number of nitro groups is 1. The maximum Gasteiger partial charge on any atom is 0.271 e. The lowest BCUT2D eigenvalue weighted by Gasteiger charge is -2.11. The molecule has 0 aliphatic heterocycles. The van der Waals surface area contributed by atoms with Gasteiger partial charge in [0.1, 0.15) is 0 Å². The van der Waals surface area contributed by atoms with Gasteiger partial charge in [-0.1, -0.05) is 29.3 Å². The van der Waals surface area contributed by atoms with Crippen molar-refractivity contribution in [3.05, 3.63) is 68.2 Å². The van der Waals surface area contributed by atoms with Crippen LogP contribution in [0, 0.1) is 24.0 Å². The summed E-state index contributed by atoms with van der Waals surface area (Å²) >= 11 is 5.86. The predicted molar refractivity (Wildman–Crippen MR) is 98.1 cm³/mol. The second kappa shape index (κ2) is 8.30. The smallest absolute Gasteiger partial charge is 0.271 e. The molecule has 0 aliphatic carbocycles. The summed E-state index contributed by atoms with van der Waals surface area (Å²) in [6.07, 6.45) is 0. The molecule has 0 unspecified atom stereocenters. The van der Waals surface area contributed by atoms with Crippen molar-refractivity contribution in [3.8, 4) is 0 Å². The third-order valence-electron chi connectivity index (χ3n) is 3.54. The van der Waals surface area contributed by atoms with Gasteiger partial charge in [0.05, 0.1) is 22.1 Å². The van der Waals surface area contributed by atoms with Crippen molar-refractivity contribution in [2.75, 3.05) is 11.9 Å². The van der Waals surface area contributed by atoms with Crippen LogP contribution in [0.4, 0.5) is 11.4 Å². The maximum absolute atomic E-state index is 12.0. The minimum atomic E-state index is -0.676. The normalized spacial score (nSPS) is 10.1. The molecule has 0 radical (unpaired) electrons. The Bertz CT molecular complexity index is 870. The summed E-state index contributed by atoms with van der Waals surface area (Å²) in [5.74, 6) is -1.14. The third-order valence-corrected chi connectivity index (χ3v) is 3.86. The number of carbonyl (C=O) groups is 2. The molecule has 0 saturated heterocycles. The highest BCUT2D eigenvalue weighted by Gasteiger charge is 2.15. The summed E-state index contributed by atoms with van der Waals surface area (Å²) in [5.41, 5.74) is 7.18. The number of hydrazine groups is 1. The highest BCUT2D eigenvalue weighted by Crippen LogP contribution is 2.22. The highest BCUT2D eigenvalue weighted by molar-refractivity contribution is 6.34. The van der Waals surface area contributed by atoms with Crippen molar-refractivity contribution < 1.29 is 14.5 Å². The number of hydrogen-bond donors (Lipinski definition) is 3. The van der Waals surface area contributed by atoms with Crippen LogP contribution in [-0.2, 0) is 4.79 Å². The van der Waals surface area contributed by atoms with E-state index >= 15 is 0 Å². The molecule has 0 bridgehead atoms. The van der Waals surface area contributed by atoms with Gasteiger partial charge < -0.3 is 5.32 Å². The number of benzene rings is 2. The van der Waals surface area contributed by atoms with Gasteiger partial charge in [0.2, 0.25) is 0 Å². The fourth-order valence-electron chi connectivity index (χ4n) is 2.23. The van der Waals surface area contributed by atoms with Gasteiger partial charge in [-0.15, -0.1) is 0 Å². The number of nitro benzene ring substituents is 1. The number of carbonyl (C=O) groups excluding carboxylic acids is 2. The quantitative estimate of drug-likeness (QED) is 0.548. The molecule has 0 aliphatic rings. The van der Waals surface area contributed by atoms with Crippen LogP contribution in [-0.4, -0.2) is 23.3 Å². The Morgan fingerprint density at radius 3 is 2.46 bits per heavy atom. The molecule has 2 aromatic rings. The summed E-state index contributed by atoms with van der Waals surface area (Å²) in [4.78, 5) is 33.9. The molecule has 9 heteroatoms. The van der Waals surface area contributed by atoms with Crippen LogP contribution in [0.25, 0.3) is 0 Å². The lowest BCUT2D eigenvalue weighted by atomic mass is 10.1. The van der Waals surface area contributed by atoms with E-state index in [2.05, 4.69) is 16.2 Å². The van der Waals surface area contributed by atoms with E-state index in [0.29, 0.717) is 0 Å². The SMILES string of the molecule is Cc1ccc(NCC(=O)NNC(=O)c2ccc([N+](=O)[O-])cc2Cl)c(C)c1. The molecular weight excluding hydrogens is 360 g/mol. The fraction of sp³-hybridized carbons (Fsp3) is 0.176. The maximum atomic E-state index is 12.0. The van der Waals surface area contributed by atoms with Crippen LogP contribution in [0.15, 0.2) is 36.4 Å². The number of rotatable bonds is 5. The van der Waals surface area contributed by atoms with E-state index in [9.17, 15) is 19.7 Å². The van der Waals surface area contributed by atoms with E-state index in [0.717, 1.165) is 28.9 Å². The van der Waals surface area contributed by atoms with Gasteiger partial charge in [-0.2, -0.15) is 0 Å². The molecule has 2 rings (SSSR count). The number of hydrogen-bond acceptors (Lipinski definition) is 5. The number of non-ortho nitro benzene ring substituents is 1. The van der Waals surface area contributed by atoms with Gasteiger partial charge in [0, 0.05) is 17.8 Å². The van der Waals surface area contributed by atoms with Crippen LogP contribution >= 0.6 is 11.6 Å². The second-order valence-corrected chi connectivity index (χ2v) is 6.00. The van der Waals surface area contributed by atoms with Gasteiger partial charge in [0.25, 0.3) is 17.5 Å². The van der Waals surface area contributed by atoms with Crippen LogP contribution in [0.5, 0.6) is 0 Å². The first-order valence-electron chi connectivity index (χ1n) is 7.62. The van der Waals surface area contributed by atoms with Gasteiger partial charge in [-0.25, -0.2) is 0 Å². The Kier molecular flexibility index (Phi) is 6.13. The van der Waals surface area contributed by atoms with E-state index < -0.39 is 16.7 Å². The third kappa shape index (κ3) is 4.93. The van der Waals surface area contributed by atoms with E-state index in [4.69, 9.17) is 11.6 Å². The second-order valence-electron chi connectivity index (χ2n) is 5.60. The monoisotopic (exact) mass is 376 g/mol. The molecule has 8 nitrogen and oxygen atoms in total. The lowest BCUT2D eigenvalue weighted by Crippen LogP contribution is -2.44. The zero-order chi connectivity index (χ0) is 19.3.